The molecule has 2 aromatic heterocycles. The number of nitrogens with zero attached hydrogens (tertiary/aromatic N) is 3. The van der Waals surface area contributed by atoms with Gasteiger partial charge in [-0.15, -0.1) is 0 Å². The van der Waals surface area contributed by atoms with Gasteiger partial charge in [0.25, 0.3) is 0 Å². The van der Waals surface area contributed by atoms with E-state index in [9.17, 15) is 0 Å². The first-order valence-electron chi connectivity index (χ1n) is 15.5. The first-order valence-corrected chi connectivity index (χ1v) is 15.5. The minimum absolute atomic E-state index is 0.479. The van der Waals surface area contributed by atoms with Gasteiger partial charge in [0.1, 0.15) is 11.2 Å². The first kappa shape index (κ1) is 28.4. The van der Waals surface area contributed by atoms with Crippen molar-refractivity contribution < 1.29 is 13.7 Å². The Kier molecular flexibility index (Phi) is 6.64. The molecule has 0 amide bonds. The zero-order chi connectivity index (χ0) is 31.5. The van der Waals surface area contributed by atoms with Gasteiger partial charge in [-0.3, -0.25) is 0 Å². The lowest BCUT2D eigenvalue weighted by Crippen LogP contribution is -2.41. The van der Waals surface area contributed by atoms with Crippen LogP contribution in [0.3, 0.4) is 0 Å². The van der Waals surface area contributed by atoms with Crippen molar-refractivity contribution in [3.8, 4) is 45.3 Å². The lowest BCUT2D eigenvalue weighted by molar-refractivity contribution is 0.00578. The summed E-state index contributed by atoms with van der Waals surface area (Å²) in [7, 11) is -0.553. The minimum atomic E-state index is -0.553. The Labute approximate surface area is 268 Å². The quantitative estimate of drug-likeness (QED) is 0.184. The average molecular weight is 602 g/mol. The van der Waals surface area contributed by atoms with Gasteiger partial charge in [0.2, 0.25) is 0 Å². The van der Waals surface area contributed by atoms with Gasteiger partial charge in [-0.05, 0) is 62.5 Å². The van der Waals surface area contributed by atoms with E-state index < -0.39 is 18.3 Å². The zero-order valence-electron chi connectivity index (χ0n) is 26.2. The summed E-state index contributed by atoms with van der Waals surface area (Å²) in [5.74, 6) is 1.88. The molecule has 1 aliphatic rings. The Morgan fingerprint density at radius 2 is 0.957 bits per heavy atom. The highest BCUT2D eigenvalue weighted by Crippen LogP contribution is 2.39. The van der Waals surface area contributed by atoms with Crippen LogP contribution in [-0.2, 0) is 9.31 Å². The van der Waals surface area contributed by atoms with E-state index >= 15 is 0 Å². The Morgan fingerprint density at radius 3 is 1.52 bits per heavy atom. The van der Waals surface area contributed by atoms with E-state index in [1.165, 1.54) is 0 Å². The van der Waals surface area contributed by atoms with E-state index in [1.54, 1.807) is 0 Å². The molecule has 7 aromatic rings. The molecule has 1 fully saturated rings. The normalized spacial score (nSPS) is 15.5. The van der Waals surface area contributed by atoms with Crippen LogP contribution in [0.1, 0.15) is 27.7 Å². The topological polar surface area (TPSA) is 70.3 Å². The molecule has 0 bridgehead atoms. The van der Waals surface area contributed by atoms with Gasteiger partial charge >= 0.3 is 7.12 Å². The molecule has 8 rings (SSSR count). The van der Waals surface area contributed by atoms with Crippen LogP contribution in [0.15, 0.2) is 126 Å². The summed E-state index contributed by atoms with van der Waals surface area (Å²) in [6, 6.07) is 40.8. The summed E-state index contributed by atoms with van der Waals surface area (Å²) in [4.78, 5) is 14.6. The smallest absolute Gasteiger partial charge is 0.456 e. The third-order valence-electron chi connectivity index (χ3n) is 9.21. The zero-order valence-corrected chi connectivity index (χ0v) is 26.2. The highest BCUT2D eigenvalue weighted by atomic mass is 16.7. The molecule has 0 unspecified atom stereocenters. The lowest BCUT2D eigenvalue weighted by Gasteiger charge is -2.32. The van der Waals surface area contributed by atoms with Crippen LogP contribution in [0.5, 0.6) is 0 Å². The maximum atomic E-state index is 6.55. The lowest BCUT2D eigenvalue weighted by atomic mass is 9.74. The van der Waals surface area contributed by atoms with Crippen molar-refractivity contribution in [2.45, 2.75) is 38.9 Å². The van der Waals surface area contributed by atoms with E-state index in [4.69, 9.17) is 28.7 Å². The maximum Gasteiger partial charge on any atom is 0.495 e. The van der Waals surface area contributed by atoms with Crippen molar-refractivity contribution in [3.05, 3.63) is 121 Å². The van der Waals surface area contributed by atoms with Crippen molar-refractivity contribution in [2.75, 3.05) is 0 Å². The van der Waals surface area contributed by atoms with Crippen LogP contribution in [-0.4, -0.2) is 33.3 Å². The van der Waals surface area contributed by atoms with Crippen LogP contribution in [0, 0.1) is 0 Å². The number of fused-ring (bicyclic) bond motifs is 3. The SMILES string of the molecule is CC1(C)OB(c2cc3oc4ccccc4c3cc2-c2ccc(-c3nc(-c4ccccc4)nc(-c4ccccc4)n3)cc2)OC1(C)C. The van der Waals surface area contributed by atoms with Gasteiger partial charge in [-0.1, -0.05) is 103 Å². The summed E-state index contributed by atoms with van der Waals surface area (Å²) in [5, 5.41) is 2.12. The van der Waals surface area contributed by atoms with E-state index in [0.717, 1.165) is 55.2 Å². The number of furan rings is 1. The van der Waals surface area contributed by atoms with Crippen molar-refractivity contribution in [2.24, 2.45) is 0 Å². The summed E-state index contributed by atoms with van der Waals surface area (Å²) >= 11 is 0. The van der Waals surface area contributed by atoms with E-state index in [2.05, 4.69) is 70.2 Å². The van der Waals surface area contributed by atoms with Crippen LogP contribution in [0.25, 0.3) is 67.2 Å². The number of benzene rings is 5. The molecular formula is C39H32BN3O3. The largest absolute Gasteiger partial charge is 0.495 e. The monoisotopic (exact) mass is 601 g/mol. The molecule has 3 heterocycles. The van der Waals surface area contributed by atoms with Crippen molar-refractivity contribution in [3.63, 3.8) is 0 Å². The summed E-state index contributed by atoms with van der Waals surface area (Å²) < 4.78 is 19.4. The molecule has 46 heavy (non-hydrogen) atoms. The summed E-state index contributed by atoms with van der Waals surface area (Å²) in [6.45, 7) is 8.29. The number of para-hydroxylation sites is 1. The standard InChI is InChI=1S/C39H32BN3O3/c1-38(2)39(3,4)46-40(45-38)32-24-34-31(29-17-11-12-18-33(29)44-34)23-30(32)25-19-21-28(22-20-25)37-42-35(26-13-7-5-8-14-26)41-36(43-37)27-15-9-6-10-16-27/h5-24H,1-4H3. The van der Waals surface area contributed by atoms with Gasteiger partial charge in [-0.2, -0.15) is 0 Å². The molecule has 0 spiro atoms. The minimum Gasteiger partial charge on any atom is -0.456 e. The second-order valence-electron chi connectivity index (χ2n) is 12.7. The predicted octanol–water partition coefficient (Wildman–Crippen LogP) is 8.74. The second kappa shape index (κ2) is 10.8. The van der Waals surface area contributed by atoms with E-state index in [0.29, 0.717) is 17.5 Å². The molecule has 7 heteroatoms. The summed E-state index contributed by atoms with van der Waals surface area (Å²) in [5.41, 5.74) is 6.45. The Balaban J connectivity index is 1.25. The Hall–Kier alpha value is -5.11. The first-order chi connectivity index (χ1) is 22.3. The molecule has 0 aliphatic carbocycles. The Bertz CT molecular complexity index is 2140. The number of hydrogen-bond acceptors (Lipinski definition) is 6. The third-order valence-corrected chi connectivity index (χ3v) is 9.21. The molecule has 0 atom stereocenters. The molecule has 1 saturated heterocycles. The van der Waals surface area contributed by atoms with E-state index in [1.807, 2.05) is 78.9 Å². The molecule has 224 valence electrons. The molecule has 0 saturated carbocycles. The predicted molar refractivity (Wildman–Crippen MR) is 185 cm³/mol. The van der Waals surface area contributed by atoms with Gasteiger partial charge in [-0.25, -0.2) is 15.0 Å². The van der Waals surface area contributed by atoms with Gasteiger partial charge in [0.05, 0.1) is 11.2 Å². The fourth-order valence-electron chi connectivity index (χ4n) is 5.94. The number of hydrogen-bond donors (Lipinski definition) is 0. The van der Waals surface area contributed by atoms with Crippen molar-refractivity contribution >= 4 is 34.5 Å². The average Bonchev–Trinajstić information content (AvgIpc) is 3.56. The fourth-order valence-corrected chi connectivity index (χ4v) is 5.94. The van der Waals surface area contributed by atoms with Crippen molar-refractivity contribution in [1.82, 2.24) is 15.0 Å². The molecule has 1 aliphatic heterocycles. The van der Waals surface area contributed by atoms with Gasteiger partial charge in [0.15, 0.2) is 17.5 Å². The molecule has 6 nitrogen and oxygen atoms in total. The molecular weight excluding hydrogens is 569 g/mol. The highest BCUT2D eigenvalue weighted by Gasteiger charge is 2.52. The van der Waals surface area contributed by atoms with E-state index in [-0.39, 0.29) is 0 Å². The molecule has 0 N–H and O–H groups in total. The number of aromatic nitrogens is 3. The second-order valence-corrected chi connectivity index (χ2v) is 12.7. The van der Waals surface area contributed by atoms with Crippen LogP contribution in [0.4, 0.5) is 0 Å². The maximum absolute atomic E-state index is 6.55. The molecule has 5 aromatic carbocycles. The fraction of sp³-hybridized carbons (Fsp3) is 0.154. The van der Waals surface area contributed by atoms with Crippen molar-refractivity contribution in [1.29, 1.82) is 0 Å². The Morgan fingerprint density at radius 1 is 0.478 bits per heavy atom. The van der Waals surface area contributed by atoms with Crippen LogP contribution in [0.2, 0.25) is 0 Å². The third kappa shape index (κ3) is 4.89. The molecule has 0 radical (unpaired) electrons. The van der Waals surface area contributed by atoms with Crippen LogP contribution >= 0.6 is 0 Å². The van der Waals surface area contributed by atoms with Gasteiger partial charge in [0, 0.05) is 27.5 Å². The van der Waals surface area contributed by atoms with Crippen LogP contribution < -0.4 is 5.46 Å². The summed E-state index contributed by atoms with van der Waals surface area (Å²) in [6.07, 6.45) is 0. The number of rotatable bonds is 5. The highest BCUT2D eigenvalue weighted by molar-refractivity contribution is 6.64. The van der Waals surface area contributed by atoms with Gasteiger partial charge < -0.3 is 13.7 Å².